The van der Waals surface area contributed by atoms with E-state index in [1.54, 1.807) is 0 Å². The topological polar surface area (TPSA) is 57.0 Å². The Hall–Kier alpha value is -1.75. The second-order valence-corrected chi connectivity index (χ2v) is 5.51. The zero-order chi connectivity index (χ0) is 13.6. The molecule has 0 aliphatic heterocycles. The molecular weight excluding hydrogens is 306 g/mol. The van der Waals surface area contributed by atoms with Gasteiger partial charge in [-0.3, -0.25) is 0 Å². The Morgan fingerprint density at radius 2 is 2.11 bits per heavy atom. The summed E-state index contributed by atoms with van der Waals surface area (Å²) in [6, 6.07) is 9.90. The van der Waals surface area contributed by atoms with E-state index in [0.717, 1.165) is 27.0 Å². The standard InChI is InChI=1S/C14H14BrN3O/c1-8-3-6-13(19-8)9(2)18-12-5-4-10(15)7-11(12)17-14(18)16/h3-7,9H,1-2H3,(H2,16,17). The van der Waals surface area contributed by atoms with E-state index in [9.17, 15) is 0 Å². The molecule has 5 heteroatoms. The number of hydrogen-bond acceptors (Lipinski definition) is 3. The van der Waals surface area contributed by atoms with Crippen LogP contribution >= 0.6 is 15.9 Å². The average Bonchev–Trinajstić information content (AvgIpc) is 2.91. The lowest BCUT2D eigenvalue weighted by atomic mass is 10.2. The monoisotopic (exact) mass is 319 g/mol. The predicted molar refractivity (Wildman–Crippen MR) is 79.1 cm³/mol. The minimum atomic E-state index is 0.0138. The summed E-state index contributed by atoms with van der Waals surface area (Å²) in [5.74, 6) is 2.27. The van der Waals surface area contributed by atoms with E-state index in [1.807, 2.05) is 41.8 Å². The first kappa shape index (κ1) is 12.3. The van der Waals surface area contributed by atoms with Crippen LogP contribution < -0.4 is 5.73 Å². The summed E-state index contributed by atoms with van der Waals surface area (Å²) < 4.78 is 8.66. The quantitative estimate of drug-likeness (QED) is 0.779. The molecule has 0 amide bonds. The van der Waals surface area contributed by atoms with E-state index in [2.05, 4.69) is 27.8 Å². The fraction of sp³-hybridized carbons (Fsp3) is 0.214. The van der Waals surface area contributed by atoms with Gasteiger partial charge < -0.3 is 14.7 Å². The van der Waals surface area contributed by atoms with Gasteiger partial charge in [-0.1, -0.05) is 15.9 Å². The minimum absolute atomic E-state index is 0.0138. The predicted octanol–water partition coefficient (Wildman–Crippen LogP) is 3.89. The van der Waals surface area contributed by atoms with Crippen LogP contribution in [-0.2, 0) is 0 Å². The lowest BCUT2D eigenvalue weighted by Crippen LogP contribution is -2.09. The molecule has 1 aromatic carbocycles. The highest BCUT2D eigenvalue weighted by atomic mass is 79.9. The van der Waals surface area contributed by atoms with Crippen molar-refractivity contribution in [2.75, 3.05) is 5.73 Å². The van der Waals surface area contributed by atoms with E-state index in [1.165, 1.54) is 0 Å². The lowest BCUT2D eigenvalue weighted by molar-refractivity contribution is 0.435. The summed E-state index contributed by atoms with van der Waals surface area (Å²) in [6.45, 7) is 3.99. The molecule has 0 bridgehead atoms. The van der Waals surface area contributed by atoms with Gasteiger partial charge in [-0.2, -0.15) is 0 Å². The third-order valence-electron chi connectivity index (χ3n) is 3.24. The zero-order valence-corrected chi connectivity index (χ0v) is 12.3. The van der Waals surface area contributed by atoms with E-state index >= 15 is 0 Å². The molecule has 2 aromatic heterocycles. The van der Waals surface area contributed by atoms with Crippen molar-refractivity contribution < 1.29 is 4.42 Å². The van der Waals surface area contributed by atoms with Gasteiger partial charge >= 0.3 is 0 Å². The Balaban J connectivity index is 2.16. The number of nitrogens with two attached hydrogens (primary N) is 1. The maximum Gasteiger partial charge on any atom is 0.201 e. The number of aryl methyl sites for hydroxylation is 1. The normalized spacial score (nSPS) is 13.0. The van der Waals surface area contributed by atoms with Gasteiger partial charge in [-0.05, 0) is 44.2 Å². The van der Waals surface area contributed by atoms with Crippen LogP contribution in [0.1, 0.15) is 24.5 Å². The molecule has 3 rings (SSSR count). The maximum atomic E-state index is 6.04. The van der Waals surface area contributed by atoms with Crippen LogP contribution in [0.3, 0.4) is 0 Å². The number of benzene rings is 1. The second-order valence-electron chi connectivity index (χ2n) is 4.60. The molecule has 0 saturated heterocycles. The molecule has 1 atom stereocenters. The Morgan fingerprint density at radius 1 is 1.32 bits per heavy atom. The first-order chi connectivity index (χ1) is 9.06. The van der Waals surface area contributed by atoms with Crippen molar-refractivity contribution in [2.45, 2.75) is 19.9 Å². The first-order valence-electron chi connectivity index (χ1n) is 6.05. The third kappa shape index (κ3) is 2.04. The van der Waals surface area contributed by atoms with Gasteiger partial charge in [0, 0.05) is 4.47 Å². The number of aromatic nitrogens is 2. The highest BCUT2D eigenvalue weighted by Gasteiger charge is 2.18. The van der Waals surface area contributed by atoms with Crippen molar-refractivity contribution in [3.05, 3.63) is 46.3 Å². The minimum Gasteiger partial charge on any atom is -0.464 e. The van der Waals surface area contributed by atoms with Crippen molar-refractivity contribution in [3.63, 3.8) is 0 Å². The van der Waals surface area contributed by atoms with Gasteiger partial charge in [0.05, 0.1) is 17.1 Å². The molecule has 2 heterocycles. The van der Waals surface area contributed by atoms with Crippen LogP contribution in [0.25, 0.3) is 11.0 Å². The molecule has 4 nitrogen and oxygen atoms in total. The smallest absolute Gasteiger partial charge is 0.201 e. The Kier molecular flexibility index (Phi) is 2.86. The number of halogens is 1. The molecule has 1 unspecified atom stereocenters. The molecule has 0 radical (unpaired) electrons. The number of nitrogens with zero attached hydrogens (tertiary/aromatic N) is 2. The largest absolute Gasteiger partial charge is 0.464 e. The number of nitrogen functional groups attached to an aromatic ring is 1. The van der Waals surface area contributed by atoms with E-state index in [0.29, 0.717) is 5.95 Å². The Morgan fingerprint density at radius 3 is 2.79 bits per heavy atom. The molecule has 3 aromatic rings. The van der Waals surface area contributed by atoms with Crippen LogP contribution in [0.5, 0.6) is 0 Å². The number of furan rings is 1. The van der Waals surface area contributed by atoms with E-state index in [-0.39, 0.29) is 6.04 Å². The second kappa shape index (κ2) is 4.42. The summed E-state index contributed by atoms with van der Waals surface area (Å²) in [5.41, 5.74) is 7.92. The number of imidazole rings is 1. The fourth-order valence-electron chi connectivity index (χ4n) is 2.30. The number of hydrogen-bond donors (Lipinski definition) is 1. The van der Waals surface area contributed by atoms with Crippen molar-refractivity contribution in [3.8, 4) is 0 Å². The maximum absolute atomic E-state index is 6.04. The molecule has 0 aliphatic carbocycles. The molecule has 98 valence electrons. The molecule has 0 spiro atoms. The highest BCUT2D eigenvalue weighted by molar-refractivity contribution is 9.10. The number of fused-ring (bicyclic) bond motifs is 1. The lowest BCUT2D eigenvalue weighted by Gasteiger charge is -2.13. The molecule has 19 heavy (non-hydrogen) atoms. The van der Waals surface area contributed by atoms with Gasteiger partial charge in [-0.15, -0.1) is 0 Å². The van der Waals surface area contributed by atoms with Crippen LogP contribution in [0, 0.1) is 6.92 Å². The van der Waals surface area contributed by atoms with Crippen LogP contribution in [0.4, 0.5) is 5.95 Å². The summed E-state index contributed by atoms with van der Waals surface area (Å²) in [6.07, 6.45) is 0. The average molecular weight is 320 g/mol. The van der Waals surface area contributed by atoms with Crippen LogP contribution in [0.15, 0.2) is 39.2 Å². The van der Waals surface area contributed by atoms with Crippen molar-refractivity contribution >= 4 is 32.9 Å². The number of rotatable bonds is 2. The molecule has 0 saturated carbocycles. The van der Waals surface area contributed by atoms with Gasteiger partial charge in [-0.25, -0.2) is 4.98 Å². The van der Waals surface area contributed by atoms with E-state index in [4.69, 9.17) is 10.2 Å². The summed E-state index contributed by atoms with van der Waals surface area (Å²) >= 11 is 3.44. The SMILES string of the molecule is Cc1ccc(C(C)n2c(N)nc3cc(Br)ccc32)o1. The highest BCUT2D eigenvalue weighted by Crippen LogP contribution is 2.29. The van der Waals surface area contributed by atoms with Crippen molar-refractivity contribution in [2.24, 2.45) is 0 Å². The Bertz CT molecular complexity index is 744. The fourth-order valence-corrected chi connectivity index (χ4v) is 2.65. The Labute approximate surface area is 119 Å². The van der Waals surface area contributed by atoms with Gasteiger partial charge in [0.15, 0.2) is 0 Å². The molecule has 2 N–H and O–H groups in total. The van der Waals surface area contributed by atoms with Gasteiger partial charge in [0.2, 0.25) is 5.95 Å². The molecule has 0 aliphatic rings. The van der Waals surface area contributed by atoms with Crippen LogP contribution in [-0.4, -0.2) is 9.55 Å². The zero-order valence-electron chi connectivity index (χ0n) is 10.7. The van der Waals surface area contributed by atoms with Crippen LogP contribution in [0.2, 0.25) is 0 Å². The summed E-state index contributed by atoms with van der Waals surface area (Å²) in [7, 11) is 0. The van der Waals surface area contributed by atoms with Crippen molar-refractivity contribution in [1.29, 1.82) is 0 Å². The molecule has 0 fully saturated rings. The third-order valence-corrected chi connectivity index (χ3v) is 3.73. The summed E-state index contributed by atoms with van der Waals surface area (Å²) in [5, 5.41) is 0. The molecular formula is C14H14BrN3O. The van der Waals surface area contributed by atoms with Crippen molar-refractivity contribution in [1.82, 2.24) is 9.55 Å². The number of anilines is 1. The summed E-state index contributed by atoms with van der Waals surface area (Å²) in [4.78, 5) is 4.40. The van der Waals surface area contributed by atoms with Gasteiger partial charge in [0.1, 0.15) is 11.5 Å². The first-order valence-corrected chi connectivity index (χ1v) is 6.85. The van der Waals surface area contributed by atoms with Gasteiger partial charge in [0.25, 0.3) is 0 Å². The van der Waals surface area contributed by atoms with E-state index < -0.39 is 0 Å².